The minimum absolute atomic E-state index is 0.167. The van der Waals surface area contributed by atoms with E-state index in [0.29, 0.717) is 16.4 Å². The maximum atomic E-state index is 12.2. The van der Waals surface area contributed by atoms with Gasteiger partial charge in [0.1, 0.15) is 5.69 Å². The van der Waals surface area contributed by atoms with E-state index in [2.05, 4.69) is 15.5 Å². The van der Waals surface area contributed by atoms with Gasteiger partial charge in [-0.15, -0.1) is 0 Å². The number of amides is 1. The number of aromatic nitrogens is 2. The van der Waals surface area contributed by atoms with Crippen molar-refractivity contribution in [1.29, 1.82) is 0 Å². The minimum atomic E-state index is -0.653. The fourth-order valence-corrected chi connectivity index (χ4v) is 2.83. The van der Waals surface area contributed by atoms with Gasteiger partial charge < -0.3 is 10.1 Å². The fourth-order valence-electron chi connectivity index (χ4n) is 2.70. The van der Waals surface area contributed by atoms with Crippen molar-refractivity contribution in [3.63, 3.8) is 0 Å². The summed E-state index contributed by atoms with van der Waals surface area (Å²) in [7, 11) is 0. The first-order chi connectivity index (χ1) is 13.4. The molecule has 0 saturated carbocycles. The molecule has 0 radical (unpaired) electrons. The molecule has 1 amide bonds. The lowest BCUT2D eigenvalue weighted by Crippen LogP contribution is -2.21. The normalized spacial score (nSPS) is 10.7. The summed E-state index contributed by atoms with van der Waals surface area (Å²) >= 11 is 5.87. The average molecular weight is 398 g/mol. The number of carbonyl (C=O) groups is 2. The third-order valence-corrected chi connectivity index (χ3v) is 4.38. The zero-order valence-corrected chi connectivity index (χ0v) is 16.3. The number of H-pyrrole nitrogens is 1. The van der Waals surface area contributed by atoms with E-state index < -0.39 is 11.9 Å². The van der Waals surface area contributed by atoms with Crippen LogP contribution in [0.2, 0.25) is 5.02 Å². The van der Waals surface area contributed by atoms with E-state index in [9.17, 15) is 9.59 Å². The third kappa shape index (κ3) is 4.78. The highest BCUT2D eigenvalue weighted by Gasteiger charge is 2.15. The molecule has 0 spiro atoms. The van der Waals surface area contributed by atoms with E-state index in [1.165, 1.54) is 0 Å². The number of nitrogens with one attached hydrogen (secondary N) is 2. The van der Waals surface area contributed by atoms with Crippen LogP contribution in [-0.4, -0.2) is 28.7 Å². The molecular formula is C21H20ClN3O3. The number of rotatable bonds is 6. The van der Waals surface area contributed by atoms with Crippen LogP contribution < -0.4 is 5.32 Å². The number of ether oxygens (including phenoxy) is 1. The number of aromatic amines is 1. The van der Waals surface area contributed by atoms with E-state index in [1.807, 2.05) is 38.1 Å². The maximum absolute atomic E-state index is 12.2. The molecule has 0 aliphatic heterocycles. The summed E-state index contributed by atoms with van der Waals surface area (Å²) in [6, 6.07) is 16.2. The minimum Gasteiger partial charge on any atom is -0.451 e. The molecule has 3 rings (SSSR count). The van der Waals surface area contributed by atoms with Crippen LogP contribution in [0, 0.1) is 0 Å². The Morgan fingerprint density at radius 2 is 1.86 bits per heavy atom. The Morgan fingerprint density at radius 1 is 1.14 bits per heavy atom. The number of benzene rings is 2. The number of nitrogens with zero attached hydrogens (tertiary/aromatic N) is 1. The molecule has 28 heavy (non-hydrogen) atoms. The standard InChI is InChI=1S/C21H20ClN3O3/c1-13(2)16-5-3-4-6-17(16)23-20(26)12-28-21(27)19-11-18(24-25-19)14-7-9-15(22)10-8-14/h3-11,13H,12H2,1-2H3,(H,23,26)(H,24,25). The van der Waals surface area contributed by atoms with Crippen molar-refractivity contribution in [2.24, 2.45) is 0 Å². The Kier molecular flexibility index (Phi) is 6.11. The van der Waals surface area contributed by atoms with Crippen LogP contribution >= 0.6 is 11.6 Å². The molecule has 0 fully saturated rings. The number of hydrogen-bond donors (Lipinski definition) is 2. The van der Waals surface area contributed by atoms with Gasteiger partial charge in [-0.25, -0.2) is 4.79 Å². The summed E-state index contributed by atoms with van der Waals surface area (Å²) < 4.78 is 5.09. The van der Waals surface area contributed by atoms with E-state index in [0.717, 1.165) is 11.1 Å². The van der Waals surface area contributed by atoms with Crippen LogP contribution in [0.1, 0.15) is 35.8 Å². The molecule has 0 aliphatic carbocycles. The number of halogens is 1. The van der Waals surface area contributed by atoms with Crippen molar-refractivity contribution in [1.82, 2.24) is 10.2 Å². The second-order valence-electron chi connectivity index (χ2n) is 6.54. The molecule has 2 N–H and O–H groups in total. The Bertz CT molecular complexity index is 981. The predicted octanol–water partition coefficient (Wildman–Crippen LogP) is 4.65. The van der Waals surface area contributed by atoms with Crippen LogP contribution in [0.5, 0.6) is 0 Å². The molecule has 7 heteroatoms. The second-order valence-corrected chi connectivity index (χ2v) is 6.98. The number of carbonyl (C=O) groups excluding carboxylic acids is 2. The van der Waals surface area contributed by atoms with Crippen molar-refractivity contribution in [3.8, 4) is 11.3 Å². The van der Waals surface area contributed by atoms with Crippen LogP contribution in [0.3, 0.4) is 0 Å². The van der Waals surface area contributed by atoms with Crippen molar-refractivity contribution in [2.75, 3.05) is 11.9 Å². The fraction of sp³-hybridized carbons (Fsp3) is 0.190. The lowest BCUT2D eigenvalue weighted by molar-refractivity contribution is -0.119. The first-order valence-corrected chi connectivity index (χ1v) is 9.19. The van der Waals surface area contributed by atoms with Gasteiger partial charge in [0.05, 0.1) is 5.69 Å². The summed E-state index contributed by atoms with van der Waals surface area (Å²) in [5.74, 6) is -0.797. The highest BCUT2D eigenvalue weighted by molar-refractivity contribution is 6.30. The smallest absolute Gasteiger partial charge is 0.356 e. The highest BCUT2D eigenvalue weighted by Crippen LogP contribution is 2.23. The predicted molar refractivity (Wildman–Crippen MR) is 108 cm³/mol. The van der Waals surface area contributed by atoms with E-state index in [1.54, 1.807) is 30.3 Å². The molecule has 2 aromatic carbocycles. The maximum Gasteiger partial charge on any atom is 0.356 e. The topological polar surface area (TPSA) is 84.1 Å². The zero-order chi connectivity index (χ0) is 20.1. The molecule has 0 aliphatic rings. The van der Waals surface area contributed by atoms with E-state index >= 15 is 0 Å². The first kappa shape index (κ1) is 19.6. The van der Waals surface area contributed by atoms with Gasteiger partial charge in [0, 0.05) is 16.3 Å². The molecule has 0 atom stereocenters. The molecule has 3 aromatic rings. The molecule has 1 aromatic heterocycles. The average Bonchev–Trinajstić information content (AvgIpc) is 3.17. The Balaban J connectivity index is 1.59. The highest BCUT2D eigenvalue weighted by atomic mass is 35.5. The van der Waals surface area contributed by atoms with Gasteiger partial charge in [0.2, 0.25) is 0 Å². The molecule has 144 valence electrons. The molecule has 0 bridgehead atoms. The largest absolute Gasteiger partial charge is 0.451 e. The van der Waals surface area contributed by atoms with Crippen LogP contribution in [-0.2, 0) is 9.53 Å². The van der Waals surface area contributed by atoms with E-state index in [-0.39, 0.29) is 18.2 Å². The Labute approximate surface area is 167 Å². The monoisotopic (exact) mass is 397 g/mol. The van der Waals surface area contributed by atoms with Crippen molar-refractivity contribution >= 4 is 29.2 Å². The first-order valence-electron chi connectivity index (χ1n) is 8.81. The number of anilines is 1. The molecular weight excluding hydrogens is 378 g/mol. The van der Waals surface area contributed by atoms with Crippen LogP contribution in [0.25, 0.3) is 11.3 Å². The Morgan fingerprint density at radius 3 is 2.57 bits per heavy atom. The lowest BCUT2D eigenvalue weighted by atomic mass is 10.0. The van der Waals surface area contributed by atoms with Gasteiger partial charge in [-0.3, -0.25) is 9.89 Å². The van der Waals surface area contributed by atoms with Crippen LogP contribution in [0.4, 0.5) is 5.69 Å². The molecule has 0 unspecified atom stereocenters. The molecule has 6 nitrogen and oxygen atoms in total. The number of esters is 1. The van der Waals surface area contributed by atoms with E-state index in [4.69, 9.17) is 16.3 Å². The van der Waals surface area contributed by atoms with Gasteiger partial charge in [-0.1, -0.05) is 55.8 Å². The van der Waals surface area contributed by atoms with Crippen molar-refractivity contribution in [3.05, 3.63) is 70.9 Å². The van der Waals surface area contributed by atoms with Crippen molar-refractivity contribution in [2.45, 2.75) is 19.8 Å². The molecule has 1 heterocycles. The van der Waals surface area contributed by atoms with Gasteiger partial charge in [-0.2, -0.15) is 5.10 Å². The van der Waals surface area contributed by atoms with Gasteiger partial charge in [0.25, 0.3) is 5.91 Å². The lowest BCUT2D eigenvalue weighted by Gasteiger charge is -2.13. The van der Waals surface area contributed by atoms with Gasteiger partial charge in [-0.05, 0) is 35.7 Å². The SMILES string of the molecule is CC(C)c1ccccc1NC(=O)COC(=O)c1cc(-c2ccc(Cl)cc2)n[nH]1. The Hall–Kier alpha value is -3.12. The number of para-hydroxylation sites is 1. The van der Waals surface area contributed by atoms with Crippen LogP contribution in [0.15, 0.2) is 54.6 Å². The summed E-state index contributed by atoms with van der Waals surface area (Å²) in [6.07, 6.45) is 0. The number of hydrogen-bond acceptors (Lipinski definition) is 4. The summed E-state index contributed by atoms with van der Waals surface area (Å²) in [6.45, 7) is 3.70. The molecule has 0 saturated heterocycles. The third-order valence-electron chi connectivity index (χ3n) is 4.13. The summed E-state index contributed by atoms with van der Waals surface area (Å²) in [4.78, 5) is 24.3. The van der Waals surface area contributed by atoms with Gasteiger partial charge in [0.15, 0.2) is 6.61 Å². The summed E-state index contributed by atoms with van der Waals surface area (Å²) in [5, 5.41) is 10.1. The zero-order valence-electron chi connectivity index (χ0n) is 15.5. The van der Waals surface area contributed by atoms with Crippen molar-refractivity contribution < 1.29 is 14.3 Å². The quantitative estimate of drug-likeness (QED) is 0.593. The summed E-state index contributed by atoms with van der Waals surface area (Å²) in [5.41, 5.74) is 3.29. The van der Waals surface area contributed by atoms with Gasteiger partial charge >= 0.3 is 5.97 Å². The second kappa shape index (κ2) is 8.71.